The van der Waals surface area contributed by atoms with Crippen LogP contribution < -0.4 is 15.4 Å². The van der Waals surface area contributed by atoms with Crippen LogP contribution in [-0.4, -0.2) is 44.4 Å². The quantitative estimate of drug-likeness (QED) is 0.272. The Balaban J connectivity index is 1.36. The van der Waals surface area contributed by atoms with Crippen LogP contribution in [0, 0.1) is 30.9 Å². The number of hydrogen-bond donors (Lipinski definition) is 3. The molecule has 2 atom stereocenters. The molecule has 1 aliphatic heterocycles. The summed E-state index contributed by atoms with van der Waals surface area (Å²) in [6, 6.07) is 9.50. The molecule has 2 aromatic carbocycles. The van der Waals surface area contributed by atoms with Crippen LogP contribution in [0.3, 0.4) is 0 Å². The number of aromatic nitrogens is 4. The standard InChI is InChI=1S/C31H32F2N6O3/c1-16(2)39-23(9-12-34-39)29(40)36-28(27-26-22(33)13-20(32)14-24(26)42-15-31(27)10-11-31)30(41)35-21-7-5-19(6-8-21)25-17(3)37-38-18(25)4/h5-9,12-14,16,27-28H,10-11,15H2,1-4H3,(H,35,41)(H,36,40)(H,37,38)/t27?,28-/m0/s1. The van der Waals surface area contributed by atoms with Crippen LogP contribution in [-0.2, 0) is 4.79 Å². The molecule has 1 aliphatic carbocycles. The molecule has 0 saturated heterocycles. The Labute approximate surface area is 241 Å². The second-order valence-electron chi connectivity index (χ2n) is 11.5. The fourth-order valence-electron chi connectivity index (χ4n) is 6.07. The number of benzene rings is 2. The van der Waals surface area contributed by atoms with Crippen molar-refractivity contribution in [1.82, 2.24) is 25.3 Å². The first-order chi connectivity index (χ1) is 20.1. The van der Waals surface area contributed by atoms with Gasteiger partial charge in [-0.3, -0.25) is 19.4 Å². The molecule has 2 aromatic heterocycles. The molecular formula is C31H32F2N6O3. The molecule has 218 valence electrons. The molecule has 42 heavy (non-hydrogen) atoms. The number of carbonyl (C=O) groups excluding carboxylic acids is 2. The molecule has 1 spiro atoms. The number of carbonyl (C=O) groups is 2. The van der Waals surface area contributed by atoms with Crippen LogP contribution in [0.2, 0.25) is 0 Å². The van der Waals surface area contributed by atoms with E-state index in [-0.39, 0.29) is 29.7 Å². The number of nitrogens with zero attached hydrogens (tertiary/aromatic N) is 3. The molecular weight excluding hydrogens is 542 g/mol. The SMILES string of the molecule is Cc1n[nH]c(C)c1-c1ccc(NC(=O)[C@@H](NC(=O)c2ccnn2C(C)C)C2c3c(F)cc(F)cc3OCC23CC3)cc1. The molecule has 0 bridgehead atoms. The van der Waals surface area contributed by atoms with Gasteiger partial charge in [0.1, 0.15) is 29.1 Å². The smallest absolute Gasteiger partial charge is 0.270 e. The average molecular weight is 575 g/mol. The van der Waals surface area contributed by atoms with E-state index >= 15 is 4.39 Å². The monoisotopic (exact) mass is 574 g/mol. The van der Waals surface area contributed by atoms with Crippen molar-refractivity contribution in [3.05, 3.63) is 82.9 Å². The zero-order valence-electron chi connectivity index (χ0n) is 23.8. The molecule has 6 rings (SSSR count). The first-order valence-electron chi connectivity index (χ1n) is 14.0. The second kappa shape index (κ2) is 10.4. The normalized spacial score (nSPS) is 17.5. The van der Waals surface area contributed by atoms with E-state index in [9.17, 15) is 14.0 Å². The van der Waals surface area contributed by atoms with E-state index in [0.29, 0.717) is 18.5 Å². The highest BCUT2D eigenvalue weighted by atomic mass is 19.1. The van der Waals surface area contributed by atoms with Gasteiger partial charge in [0.05, 0.1) is 12.3 Å². The molecule has 2 aliphatic rings. The number of amides is 2. The van der Waals surface area contributed by atoms with Gasteiger partial charge in [0.25, 0.3) is 5.91 Å². The Bertz CT molecular complexity index is 1650. The van der Waals surface area contributed by atoms with E-state index in [0.717, 1.165) is 34.6 Å². The van der Waals surface area contributed by atoms with Crippen molar-refractivity contribution >= 4 is 17.5 Å². The lowest BCUT2D eigenvalue weighted by Gasteiger charge is -2.38. The summed E-state index contributed by atoms with van der Waals surface area (Å²) in [7, 11) is 0. The zero-order valence-corrected chi connectivity index (χ0v) is 23.8. The molecule has 1 fully saturated rings. The van der Waals surface area contributed by atoms with Crippen molar-refractivity contribution < 1.29 is 23.1 Å². The van der Waals surface area contributed by atoms with Crippen LogP contribution in [0.1, 0.15) is 66.1 Å². The van der Waals surface area contributed by atoms with Crippen LogP contribution in [0.15, 0.2) is 48.7 Å². The highest BCUT2D eigenvalue weighted by Gasteiger charge is 2.59. The van der Waals surface area contributed by atoms with Crippen LogP contribution >= 0.6 is 0 Å². The van der Waals surface area contributed by atoms with Gasteiger partial charge in [-0.05, 0) is 64.3 Å². The number of aryl methyl sites for hydroxylation is 2. The highest BCUT2D eigenvalue weighted by Crippen LogP contribution is 2.61. The number of anilines is 1. The van der Waals surface area contributed by atoms with Gasteiger partial charge in [-0.1, -0.05) is 12.1 Å². The molecule has 1 saturated carbocycles. The van der Waals surface area contributed by atoms with Crippen molar-refractivity contribution in [2.24, 2.45) is 5.41 Å². The summed E-state index contributed by atoms with van der Waals surface area (Å²) < 4.78 is 36.9. The van der Waals surface area contributed by atoms with E-state index in [2.05, 4.69) is 25.9 Å². The third-order valence-electron chi connectivity index (χ3n) is 8.30. The van der Waals surface area contributed by atoms with E-state index in [1.807, 2.05) is 39.8 Å². The maximum absolute atomic E-state index is 15.4. The fourth-order valence-corrected chi connectivity index (χ4v) is 6.07. The van der Waals surface area contributed by atoms with Crippen molar-refractivity contribution in [1.29, 1.82) is 0 Å². The Morgan fingerprint density at radius 1 is 1.12 bits per heavy atom. The van der Waals surface area contributed by atoms with Crippen LogP contribution in [0.4, 0.5) is 14.5 Å². The van der Waals surface area contributed by atoms with E-state index < -0.39 is 40.8 Å². The van der Waals surface area contributed by atoms with E-state index in [4.69, 9.17) is 4.74 Å². The number of rotatable bonds is 7. The van der Waals surface area contributed by atoms with Crippen molar-refractivity contribution in [2.75, 3.05) is 11.9 Å². The number of ether oxygens (including phenoxy) is 1. The Hall–Kier alpha value is -4.54. The van der Waals surface area contributed by atoms with Crippen LogP contribution in [0.5, 0.6) is 5.75 Å². The number of halogens is 2. The van der Waals surface area contributed by atoms with E-state index in [1.54, 1.807) is 22.9 Å². The summed E-state index contributed by atoms with van der Waals surface area (Å²) in [4.78, 5) is 27.7. The minimum atomic E-state index is -1.18. The maximum atomic E-state index is 15.4. The van der Waals surface area contributed by atoms with Gasteiger partial charge < -0.3 is 15.4 Å². The molecule has 1 unspecified atom stereocenters. The number of aromatic amines is 1. The fraction of sp³-hybridized carbons (Fsp3) is 0.355. The number of H-pyrrole nitrogens is 1. The van der Waals surface area contributed by atoms with Gasteiger partial charge in [0, 0.05) is 58.2 Å². The molecule has 3 heterocycles. The Morgan fingerprint density at radius 2 is 1.86 bits per heavy atom. The average Bonchev–Trinajstić information content (AvgIpc) is 3.37. The van der Waals surface area contributed by atoms with E-state index in [1.165, 1.54) is 6.20 Å². The third kappa shape index (κ3) is 4.82. The number of fused-ring (bicyclic) bond motifs is 1. The summed E-state index contributed by atoms with van der Waals surface area (Å²) in [6.07, 6.45) is 2.87. The van der Waals surface area contributed by atoms with Crippen molar-refractivity contribution in [3.8, 4) is 16.9 Å². The highest BCUT2D eigenvalue weighted by molar-refractivity contribution is 6.01. The topological polar surface area (TPSA) is 114 Å². The molecule has 9 nitrogen and oxygen atoms in total. The Kier molecular flexibility index (Phi) is 6.83. The third-order valence-corrected chi connectivity index (χ3v) is 8.30. The molecule has 3 N–H and O–H groups in total. The lowest BCUT2D eigenvalue weighted by Crippen LogP contribution is -2.52. The Morgan fingerprint density at radius 3 is 2.50 bits per heavy atom. The largest absolute Gasteiger partial charge is 0.492 e. The van der Waals surface area contributed by atoms with Gasteiger partial charge in [-0.2, -0.15) is 10.2 Å². The summed E-state index contributed by atoms with van der Waals surface area (Å²) in [5, 5.41) is 17.3. The molecule has 0 radical (unpaired) electrons. The summed E-state index contributed by atoms with van der Waals surface area (Å²) in [6.45, 7) is 7.82. The first-order valence-corrected chi connectivity index (χ1v) is 14.0. The number of hydrogen-bond acceptors (Lipinski definition) is 5. The maximum Gasteiger partial charge on any atom is 0.270 e. The first kappa shape index (κ1) is 27.6. The van der Waals surface area contributed by atoms with Gasteiger partial charge >= 0.3 is 0 Å². The van der Waals surface area contributed by atoms with Gasteiger partial charge in [-0.15, -0.1) is 0 Å². The van der Waals surface area contributed by atoms with Gasteiger partial charge in [-0.25, -0.2) is 8.78 Å². The van der Waals surface area contributed by atoms with Crippen LogP contribution in [0.25, 0.3) is 11.1 Å². The summed E-state index contributed by atoms with van der Waals surface area (Å²) in [5.41, 5.74) is 4.01. The summed E-state index contributed by atoms with van der Waals surface area (Å²) in [5.74, 6) is -3.35. The minimum Gasteiger partial charge on any atom is -0.492 e. The second-order valence-corrected chi connectivity index (χ2v) is 11.5. The lowest BCUT2D eigenvalue weighted by atomic mass is 9.75. The zero-order chi connectivity index (χ0) is 29.8. The van der Waals surface area contributed by atoms with Gasteiger partial charge in [0.15, 0.2) is 0 Å². The molecule has 2 amide bonds. The minimum absolute atomic E-state index is 0.0458. The van der Waals surface area contributed by atoms with Crippen molar-refractivity contribution in [2.45, 2.75) is 58.5 Å². The molecule has 4 aromatic rings. The lowest BCUT2D eigenvalue weighted by molar-refractivity contribution is -0.119. The predicted octanol–water partition coefficient (Wildman–Crippen LogP) is 5.44. The van der Waals surface area contributed by atoms with Crippen molar-refractivity contribution in [3.63, 3.8) is 0 Å². The predicted molar refractivity (Wildman–Crippen MR) is 152 cm³/mol. The summed E-state index contributed by atoms with van der Waals surface area (Å²) >= 11 is 0. The number of nitrogens with one attached hydrogen (secondary N) is 3. The van der Waals surface area contributed by atoms with Gasteiger partial charge in [0.2, 0.25) is 5.91 Å². The molecule has 11 heteroatoms.